The molecule has 1 aliphatic carbocycles. The molecule has 1 saturated carbocycles. The van der Waals surface area contributed by atoms with E-state index in [4.69, 9.17) is 33.0 Å². The number of hydrogen-bond donors (Lipinski definition) is 1. The molecule has 21 heavy (non-hydrogen) atoms. The number of halogens is 2. The molecule has 114 valence electrons. The topological polar surface area (TPSA) is 66.8 Å². The summed E-state index contributed by atoms with van der Waals surface area (Å²) < 4.78 is 5.39. The lowest BCUT2D eigenvalue weighted by molar-refractivity contribution is -0.139. The second-order valence-electron chi connectivity index (χ2n) is 4.83. The van der Waals surface area contributed by atoms with Crippen molar-refractivity contribution in [2.75, 3.05) is 13.2 Å². The van der Waals surface area contributed by atoms with E-state index in [1.54, 1.807) is 17.0 Å². The predicted molar refractivity (Wildman–Crippen MR) is 78.9 cm³/mol. The highest BCUT2D eigenvalue weighted by Gasteiger charge is 2.32. The molecule has 7 heteroatoms. The Bertz CT molecular complexity index is 546. The SMILES string of the molecule is O=C(O)CCN(C(=O)COc1ccc(Cl)c(Cl)c1)C1CC1. The van der Waals surface area contributed by atoms with Crippen molar-refractivity contribution in [3.63, 3.8) is 0 Å². The molecule has 0 unspecified atom stereocenters. The van der Waals surface area contributed by atoms with E-state index in [0.717, 1.165) is 12.8 Å². The Morgan fingerprint density at radius 1 is 1.29 bits per heavy atom. The van der Waals surface area contributed by atoms with Crippen molar-refractivity contribution < 1.29 is 19.4 Å². The van der Waals surface area contributed by atoms with Gasteiger partial charge in [-0.3, -0.25) is 9.59 Å². The fraction of sp³-hybridized carbons (Fsp3) is 0.429. The van der Waals surface area contributed by atoms with Crippen LogP contribution in [0.4, 0.5) is 0 Å². The van der Waals surface area contributed by atoms with Gasteiger partial charge in [0.25, 0.3) is 5.91 Å². The minimum Gasteiger partial charge on any atom is -0.484 e. The van der Waals surface area contributed by atoms with E-state index in [0.29, 0.717) is 15.8 Å². The highest BCUT2D eigenvalue weighted by atomic mass is 35.5. The minimum absolute atomic E-state index is 0.0605. The molecule has 1 N–H and O–H groups in total. The first-order valence-electron chi connectivity index (χ1n) is 6.56. The molecule has 1 amide bonds. The highest BCUT2D eigenvalue weighted by molar-refractivity contribution is 6.42. The molecular formula is C14H15Cl2NO4. The van der Waals surface area contributed by atoms with Crippen LogP contribution in [-0.2, 0) is 9.59 Å². The Kier molecular flexibility index (Phi) is 5.31. The number of carboxylic acid groups (broad SMARTS) is 1. The van der Waals surface area contributed by atoms with Crippen molar-refractivity contribution in [3.8, 4) is 5.75 Å². The smallest absolute Gasteiger partial charge is 0.305 e. The standard InChI is InChI=1S/C14H15Cl2NO4/c15-11-4-3-10(7-12(11)16)21-8-13(18)17(9-1-2-9)6-5-14(19)20/h3-4,7,9H,1-2,5-6,8H2,(H,19,20). The largest absolute Gasteiger partial charge is 0.484 e. The van der Waals surface area contributed by atoms with Crippen LogP contribution in [-0.4, -0.2) is 41.1 Å². The number of benzene rings is 1. The van der Waals surface area contributed by atoms with Gasteiger partial charge in [0.1, 0.15) is 5.75 Å². The summed E-state index contributed by atoms with van der Waals surface area (Å²) in [6.07, 6.45) is 1.77. The quantitative estimate of drug-likeness (QED) is 0.834. The highest BCUT2D eigenvalue weighted by Crippen LogP contribution is 2.28. The van der Waals surface area contributed by atoms with Gasteiger partial charge in [0.05, 0.1) is 16.5 Å². The molecule has 1 fully saturated rings. The van der Waals surface area contributed by atoms with E-state index < -0.39 is 5.97 Å². The molecule has 1 aromatic carbocycles. The number of carbonyl (C=O) groups excluding carboxylic acids is 1. The van der Waals surface area contributed by atoms with Crippen molar-refractivity contribution >= 4 is 35.1 Å². The van der Waals surface area contributed by atoms with Crippen LogP contribution in [0.15, 0.2) is 18.2 Å². The zero-order valence-electron chi connectivity index (χ0n) is 11.2. The Hall–Kier alpha value is -1.46. The maximum absolute atomic E-state index is 12.1. The number of carboxylic acids is 1. The molecule has 5 nitrogen and oxygen atoms in total. The fourth-order valence-corrected chi connectivity index (χ4v) is 2.20. The third kappa shape index (κ3) is 4.79. The molecule has 0 aromatic heterocycles. The van der Waals surface area contributed by atoms with Crippen LogP contribution in [0.3, 0.4) is 0 Å². The Morgan fingerprint density at radius 2 is 2.00 bits per heavy atom. The number of amides is 1. The fourth-order valence-electron chi connectivity index (χ4n) is 1.91. The average Bonchev–Trinajstić information content (AvgIpc) is 3.24. The van der Waals surface area contributed by atoms with Gasteiger partial charge in [0.2, 0.25) is 0 Å². The first-order chi connectivity index (χ1) is 9.97. The van der Waals surface area contributed by atoms with Gasteiger partial charge in [-0.2, -0.15) is 0 Å². The second-order valence-corrected chi connectivity index (χ2v) is 5.64. The molecule has 2 rings (SSSR count). The third-order valence-electron chi connectivity index (χ3n) is 3.13. The van der Waals surface area contributed by atoms with Crippen LogP contribution in [0.25, 0.3) is 0 Å². The number of hydrogen-bond acceptors (Lipinski definition) is 3. The van der Waals surface area contributed by atoms with Gasteiger partial charge < -0.3 is 14.7 Å². The summed E-state index contributed by atoms with van der Waals surface area (Å²) >= 11 is 11.7. The van der Waals surface area contributed by atoms with Gasteiger partial charge in [-0.15, -0.1) is 0 Å². The number of nitrogens with zero attached hydrogens (tertiary/aromatic N) is 1. The molecule has 0 radical (unpaired) electrons. The van der Waals surface area contributed by atoms with Gasteiger partial charge in [-0.05, 0) is 25.0 Å². The summed E-state index contributed by atoms with van der Waals surface area (Å²) in [6.45, 7) is 0.0671. The van der Waals surface area contributed by atoms with Crippen molar-refractivity contribution in [2.24, 2.45) is 0 Å². The van der Waals surface area contributed by atoms with Crippen LogP contribution in [0.2, 0.25) is 10.0 Å². The predicted octanol–water partition coefficient (Wildman–Crippen LogP) is 2.84. The van der Waals surface area contributed by atoms with E-state index in [1.807, 2.05) is 0 Å². The Morgan fingerprint density at radius 3 is 2.57 bits per heavy atom. The van der Waals surface area contributed by atoms with E-state index in [-0.39, 0.29) is 31.5 Å². The number of aliphatic carboxylic acids is 1. The number of carbonyl (C=O) groups is 2. The third-order valence-corrected chi connectivity index (χ3v) is 3.87. The van der Waals surface area contributed by atoms with Gasteiger partial charge in [-0.25, -0.2) is 0 Å². The molecular weight excluding hydrogens is 317 g/mol. The molecule has 0 atom stereocenters. The van der Waals surface area contributed by atoms with Crippen molar-refractivity contribution in [2.45, 2.75) is 25.3 Å². The lowest BCUT2D eigenvalue weighted by Gasteiger charge is -2.21. The minimum atomic E-state index is -0.918. The van der Waals surface area contributed by atoms with E-state index in [1.165, 1.54) is 6.07 Å². The monoisotopic (exact) mass is 331 g/mol. The van der Waals surface area contributed by atoms with Crippen molar-refractivity contribution in [1.29, 1.82) is 0 Å². The van der Waals surface area contributed by atoms with Crippen LogP contribution in [0.1, 0.15) is 19.3 Å². The molecule has 0 spiro atoms. The van der Waals surface area contributed by atoms with Crippen LogP contribution < -0.4 is 4.74 Å². The first-order valence-corrected chi connectivity index (χ1v) is 7.32. The van der Waals surface area contributed by atoms with E-state index in [2.05, 4.69) is 0 Å². The van der Waals surface area contributed by atoms with Gasteiger partial charge in [0, 0.05) is 18.7 Å². The Labute approximate surface area is 132 Å². The summed E-state index contributed by atoms with van der Waals surface area (Å²) in [4.78, 5) is 24.3. The number of rotatable bonds is 7. The summed E-state index contributed by atoms with van der Waals surface area (Å²) in [5.41, 5.74) is 0. The van der Waals surface area contributed by atoms with E-state index >= 15 is 0 Å². The lowest BCUT2D eigenvalue weighted by atomic mass is 10.3. The second kappa shape index (κ2) is 7.00. The molecule has 1 aromatic rings. The molecule has 0 heterocycles. The molecule has 0 saturated heterocycles. The zero-order valence-corrected chi connectivity index (χ0v) is 12.7. The summed E-state index contributed by atoms with van der Waals surface area (Å²) in [5.74, 6) is -0.685. The van der Waals surface area contributed by atoms with Crippen molar-refractivity contribution in [1.82, 2.24) is 4.90 Å². The lowest BCUT2D eigenvalue weighted by Crippen LogP contribution is -2.38. The molecule has 1 aliphatic rings. The number of ether oxygens (including phenoxy) is 1. The van der Waals surface area contributed by atoms with Gasteiger partial charge >= 0.3 is 5.97 Å². The van der Waals surface area contributed by atoms with Crippen molar-refractivity contribution in [3.05, 3.63) is 28.2 Å². The maximum atomic E-state index is 12.1. The zero-order chi connectivity index (χ0) is 15.4. The van der Waals surface area contributed by atoms with Crippen LogP contribution in [0.5, 0.6) is 5.75 Å². The van der Waals surface area contributed by atoms with Gasteiger partial charge in [0.15, 0.2) is 6.61 Å². The summed E-state index contributed by atoms with van der Waals surface area (Å²) in [5, 5.41) is 9.48. The van der Waals surface area contributed by atoms with Gasteiger partial charge in [-0.1, -0.05) is 23.2 Å². The van der Waals surface area contributed by atoms with Crippen LogP contribution >= 0.6 is 23.2 Å². The maximum Gasteiger partial charge on any atom is 0.305 e. The average molecular weight is 332 g/mol. The van der Waals surface area contributed by atoms with E-state index in [9.17, 15) is 9.59 Å². The Balaban J connectivity index is 1.89. The normalized spacial score (nSPS) is 13.8. The molecule has 0 bridgehead atoms. The summed E-state index contributed by atoms with van der Waals surface area (Å²) in [7, 11) is 0. The first kappa shape index (κ1) is 15.9. The van der Waals surface area contributed by atoms with Crippen LogP contribution in [0, 0.1) is 0 Å². The summed E-state index contributed by atoms with van der Waals surface area (Å²) in [6, 6.07) is 4.90. The molecule has 0 aliphatic heterocycles.